The summed E-state index contributed by atoms with van der Waals surface area (Å²) in [5.41, 5.74) is 1.22. The van der Waals surface area contributed by atoms with Crippen LogP contribution in [-0.4, -0.2) is 24.9 Å². The minimum atomic E-state index is -0.0503. The SMILES string of the molecule is CN(C)C(=O)c1ccc(C#N)c2ccccc12. The maximum absolute atomic E-state index is 12.0. The van der Waals surface area contributed by atoms with Crippen LogP contribution in [0.1, 0.15) is 15.9 Å². The summed E-state index contributed by atoms with van der Waals surface area (Å²) in [6.07, 6.45) is 0. The Kier molecular flexibility index (Phi) is 2.80. The Bertz CT molecular complexity index is 624. The molecule has 0 bridgehead atoms. The van der Waals surface area contributed by atoms with E-state index in [1.807, 2.05) is 24.3 Å². The van der Waals surface area contributed by atoms with Gasteiger partial charge in [-0.25, -0.2) is 0 Å². The molecule has 0 radical (unpaired) electrons. The molecule has 0 aromatic heterocycles. The van der Waals surface area contributed by atoms with Crippen molar-refractivity contribution in [1.82, 2.24) is 4.90 Å². The lowest BCUT2D eigenvalue weighted by Crippen LogP contribution is -2.21. The molecule has 0 saturated heterocycles. The van der Waals surface area contributed by atoms with Crippen LogP contribution in [0.2, 0.25) is 0 Å². The minimum absolute atomic E-state index is 0.0503. The van der Waals surface area contributed by atoms with E-state index in [4.69, 9.17) is 5.26 Å². The van der Waals surface area contributed by atoms with E-state index in [1.165, 1.54) is 4.90 Å². The first-order valence-corrected chi connectivity index (χ1v) is 5.28. The van der Waals surface area contributed by atoms with Crippen LogP contribution in [0.3, 0.4) is 0 Å². The van der Waals surface area contributed by atoms with Crippen molar-refractivity contribution in [1.29, 1.82) is 5.26 Å². The van der Waals surface area contributed by atoms with Gasteiger partial charge in [0.15, 0.2) is 0 Å². The van der Waals surface area contributed by atoms with Crippen LogP contribution >= 0.6 is 0 Å². The number of rotatable bonds is 1. The van der Waals surface area contributed by atoms with Gasteiger partial charge in [0.2, 0.25) is 0 Å². The molecule has 0 unspecified atom stereocenters. The van der Waals surface area contributed by atoms with Gasteiger partial charge in [0.1, 0.15) is 0 Å². The third kappa shape index (κ3) is 1.85. The molecule has 2 rings (SSSR count). The summed E-state index contributed by atoms with van der Waals surface area (Å²) >= 11 is 0. The molecular weight excluding hydrogens is 212 g/mol. The van der Waals surface area contributed by atoms with Gasteiger partial charge >= 0.3 is 0 Å². The quantitative estimate of drug-likeness (QED) is 0.746. The number of amides is 1. The number of nitrogens with zero attached hydrogens (tertiary/aromatic N) is 2. The maximum Gasteiger partial charge on any atom is 0.253 e. The molecule has 1 amide bonds. The highest BCUT2D eigenvalue weighted by Gasteiger charge is 2.13. The van der Waals surface area contributed by atoms with Crippen molar-refractivity contribution in [2.45, 2.75) is 0 Å². The molecular formula is C14H12N2O. The number of carbonyl (C=O) groups is 1. The van der Waals surface area contributed by atoms with Gasteiger partial charge < -0.3 is 4.90 Å². The van der Waals surface area contributed by atoms with Crippen molar-refractivity contribution in [2.75, 3.05) is 14.1 Å². The van der Waals surface area contributed by atoms with E-state index >= 15 is 0 Å². The van der Waals surface area contributed by atoms with Crippen LogP contribution in [0.4, 0.5) is 0 Å². The summed E-state index contributed by atoms with van der Waals surface area (Å²) in [5, 5.41) is 10.7. The Morgan fingerprint density at radius 3 is 2.35 bits per heavy atom. The molecule has 0 N–H and O–H groups in total. The van der Waals surface area contributed by atoms with Crippen molar-refractivity contribution in [3.63, 3.8) is 0 Å². The lowest BCUT2D eigenvalue weighted by Gasteiger charge is -2.12. The average molecular weight is 224 g/mol. The van der Waals surface area contributed by atoms with Gasteiger partial charge in [-0.05, 0) is 17.5 Å². The predicted octanol–water partition coefficient (Wildman–Crippen LogP) is 2.41. The molecule has 0 heterocycles. The molecule has 0 spiro atoms. The first-order chi connectivity index (χ1) is 8.15. The van der Waals surface area contributed by atoms with Gasteiger partial charge in [0.25, 0.3) is 5.91 Å². The summed E-state index contributed by atoms with van der Waals surface area (Å²) in [6, 6.07) is 13.0. The monoisotopic (exact) mass is 224 g/mol. The summed E-state index contributed by atoms with van der Waals surface area (Å²) in [7, 11) is 3.44. The smallest absolute Gasteiger partial charge is 0.253 e. The lowest BCUT2D eigenvalue weighted by atomic mass is 9.99. The van der Waals surface area contributed by atoms with Gasteiger partial charge in [0.05, 0.1) is 11.6 Å². The number of nitriles is 1. The summed E-state index contributed by atoms with van der Waals surface area (Å²) in [6.45, 7) is 0. The molecule has 2 aromatic rings. The molecule has 3 heteroatoms. The van der Waals surface area contributed by atoms with Gasteiger partial charge in [0, 0.05) is 25.0 Å². The zero-order chi connectivity index (χ0) is 12.4. The largest absolute Gasteiger partial charge is 0.345 e. The fourth-order valence-electron chi connectivity index (χ4n) is 1.82. The zero-order valence-corrected chi connectivity index (χ0v) is 9.77. The van der Waals surface area contributed by atoms with Crippen LogP contribution in [0.25, 0.3) is 10.8 Å². The highest BCUT2D eigenvalue weighted by Crippen LogP contribution is 2.23. The first kappa shape index (κ1) is 11.2. The number of hydrogen-bond donors (Lipinski definition) is 0. The van der Waals surface area contributed by atoms with Gasteiger partial charge in [-0.2, -0.15) is 5.26 Å². The van der Waals surface area contributed by atoms with Crippen LogP contribution in [0.5, 0.6) is 0 Å². The first-order valence-electron chi connectivity index (χ1n) is 5.28. The molecule has 2 aromatic carbocycles. The highest BCUT2D eigenvalue weighted by molar-refractivity contribution is 6.08. The van der Waals surface area contributed by atoms with Crippen molar-refractivity contribution in [3.8, 4) is 6.07 Å². The van der Waals surface area contributed by atoms with Crippen LogP contribution in [0.15, 0.2) is 36.4 Å². The van der Waals surface area contributed by atoms with Crippen molar-refractivity contribution < 1.29 is 4.79 Å². The average Bonchev–Trinajstić information content (AvgIpc) is 2.36. The van der Waals surface area contributed by atoms with Gasteiger partial charge in [-0.15, -0.1) is 0 Å². The molecule has 0 aliphatic carbocycles. The molecule has 0 aliphatic rings. The number of hydrogen-bond acceptors (Lipinski definition) is 2. The van der Waals surface area contributed by atoms with Crippen molar-refractivity contribution in [2.24, 2.45) is 0 Å². The topological polar surface area (TPSA) is 44.1 Å². The zero-order valence-electron chi connectivity index (χ0n) is 9.77. The Morgan fingerprint density at radius 2 is 1.76 bits per heavy atom. The van der Waals surface area contributed by atoms with E-state index in [2.05, 4.69) is 6.07 Å². The van der Waals surface area contributed by atoms with Gasteiger partial charge in [-0.3, -0.25) is 4.79 Å². The van der Waals surface area contributed by atoms with Crippen LogP contribution in [-0.2, 0) is 0 Å². The van der Waals surface area contributed by atoms with Crippen LogP contribution in [0, 0.1) is 11.3 Å². The Balaban J connectivity index is 2.76. The highest BCUT2D eigenvalue weighted by atomic mass is 16.2. The molecule has 3 nitrogen and oxygen atoms in total. The third-order valence-corrected chi connectivity index (χ3v) is 2.68. The second-order valence-electron chi connectivity index (χ2n) is 4.02. The Morgan fingerprint density at radius 1 is 1.12 bits per heavy atom. The Hall–Kier alpha value is -2.34. The second-order valence-corrected chi connectivity index (χ2v) is 4.02. The molecule has 0 atom stereocenters. The van der Waals surface area contributed by atoms with E-state index in [0.717, 1.165) is 10.8 Å². The normalized spacial score (nSPS) is 9.94. The minimum Gasteiger partial charge on any atom is -0.345 e. The Labute approximate surface area is 99.9 Å². The summed E-state index contributed by atoms with van der Waals surface area (Å²) in [5.74, 6) is -0.0503. The standard InChI is InChI=1S/C14H12N2O/c1-16(2)14(17)13-8-7-10(9-15)11-5-3-4-6-12(11)13/h3-8H,1-2H3. The lowest BCUT2D eigenvalue weighted by molar-refractivity contribution is 0.0829. The molecule has 84 valence electrons. The summed E-state index contributed by atoms with van der Waals surface area (Å²) < 4.78 is 0. The second kappa shape index (κ2) is 4.26. The maximum atomic E-state index is 12.0. The number of carbonyl (C=O) groups excluding carboxylic acids is 1. The van der Waals surface area contributed by atoms with E-state index in [-0.39, 0.29) is 5.91 Å². The molecule has 0 fully saturated rings. The van der Waals surface area contributed by atoms with E-state index in [0.29, 0.717) is 11.1 Å². The molecule has 17 heavy (non-hydrogen) atoms. The van der Waals surface area contributed by atoms with E-state index in [9.17, 15) is 4.79 Å². The molecule has 0 aliphatic heterocycles. The molecule has 0 saturated carbocycles. The van der Waals surface area contributed by atoms with E-state index in [1.54, 1.807) is 26.2 Å². The number of fused-ring (bicyclic) bond motifs is 1. The van der Waals surface area contributed by atoms with E-state index < -0.39 is 0 Å². The van der Waals surface area contributed by atoms with Crippen molar-refractivity contribution in [3.05, 3.63) is 47.5 Å². The number of benzene rings is 2. The summed E-state index contributed by atoms with van der Waals surface area (Å²) in [4.78, 5) is 13.5. The van der Waals surface area contributed by atoms with Crippen LogP contribution < -0.4 is 0 Å². The predicted molar refractivity (Wildman–Crippen MR) is 66.7 cm³/mol. The third-order valence-electron chi connectivity index (χ3n) is 2.68. The van der Waals surface area contributed by atoms with Crippen molar-refractivity contribution >= 4 is 16.7 Å². The van der Waals surface area contributed by atoms with Gasteiger partial charge in [-0.1, -0.05) is 24.3 Å². The fourth-order valence-corrected chi connectivity index (χ4v) is 1.82. The fraction of sp³-hybridized carbons (Fsp3) is 0.143.